The molecule has 1 aliphatic rings. The fourth-order valence-electron chi connectivity index (χ4n) is 3.99. The highest BCUT2D eigenvalue weighted by atomic mass is 16.3. The van der Waals surface area contributed by atoms with Crippen LogP contribution in [0.5, 0.6) is 0 Å². The lowest BCUT2D eigenvalue weighted by atomic mass is 9.74. The van der Waals surface area contributed by atoms with Gasteiger partial charge in [0.25, 0.3) is 5.91 Å². The number of carbonyl (C=O) groups is 2. The summed E-state index contributed by atoms with van der Waals surface area (Å²) in [6.45, 7) is 3.99. The molecule has 0 aliphatic carbocycles. The molecule has 2 N–H and O–H groups in total. The molecule has 1 aliphatic heterocycles. The molecule has 2 heterocycles. The fraction of sp³-hybridized carbons (Fsp3) is 0.348. The van der Waals surface area contributed by atoms with Gasteiger partial charge in [-0.3, -0.25) is 14.6 Å². The average molecular weight is 393 g/mol. The molecule has 0 saturated carbocycles. The molecule has 6 heteroatoms. The Morgan fingerprint density at radius 3 is 2.41 bits per heavy atom. The van der Waals surface area contributed by atoms with Crippen molar-refractivity contribution >= 4 is 17.9 Å². The SMILES string of the molecule is C/C=C/c1ccc([C@H]2[C@@H](CNC(=O)c3ccncc3)N(C(=O)CC)[C@H]2CO)cc1. The monoisotopic (exact) mass is 393 g/mol. The van der Waals surface area contributed by atoms with Crippen molar-refractivity contribution in [2.75, 3.05) is 13.2 Å². The average Bonchev–Trinajstić information content (AvgIpc) is 2.75. The first-order chi connectivity index (χ1) is 14.1. The van der Waals surface area contributed by atoms with Crippen LogP contribution in [0.4, 0.5) is 0 Å². The maximum Gasteiger partial charge on any atom is 0.251 e. The molecule has 1 aromatic carbocycles. The number of pyridine rings is 1. The maximum absolute atomic E-state index is 12.5. The van der Waals surface area contributed by atoms with Crippen LogP contribution in [0.3, 0.4) is 0 Å². The number of rotatable bonds is 7. The van der Waals surface area contributed by atoms with Gasteiger partial charge >= 0.3 is 0 Å². The molecule has 0 radical (unpaired) electrons. The van der Waals surface area contributed by atoms with Gasteiger partial charge in [0.15, 0.2) is 0 Å². The molecule has 2 aromatic rings. The number of aromatic nitrogens is 1. The summed E-state index contributed by atoms with van der Waals surface area (Å²) < 4.78 is 0. The number of nitrogens with zero attached hydrogens (tertiary/aromatic N) is 2. The molecule has 152 valence electrons. The van der Waals surface area contributed by atoms with Crippen molar-refractivity contribution in [3.63, 3.8) is 0 Å². The third-order valence-electron chi connectivity index (χ3n) is 5.42. The van der Waals surface area contributed by atoms with Crippen molar-refractivity contribution in [1.29, 1.82) is 0 Å². The highest BCUT2D eigenvalue weighted by Crippen LogP contribution is 2.41. The highest BCUT2D eigenvalue weighted by molar-refractivity contribution is 5.94. The number of hydrogen-bond donors (Lipinski definition) is 2. The van der Waals surface area contributed by atoms with Crippen LogP contribution >= 0.6 is 0 Å². The number of nitrogens with one attached hydrogen (secondary N) is 1. The second kappa shape index (κ2) is 9.47. The van der Waals surface area contributed by atoms with E-state index in [9.17, 15) is 14.7 Å². The van der Waals surface area contributed by atoms with Gasteiger partial charge in [0, 0.05) is 36.8 Å². The normalized spacial score (nSPS) is 21.1. The van der Waals surface area contributed by atoms with Gasteiger partial charge < -0.3 is 15.3 Å². The maximum atomic E-state index is 12.5. The van der Waals surface area contributed by atoms with Crippen LogP contribution in [-0.4, -0.2) is 52.0 Å². The Hall–Kier alpha value is -2.99. The Labute approximate surface area is 171 Å². The lowest BCUT2D eigenvalue weighted by Gasteiger charge is -2.55. The summed E-state index contributed by atoms with van der Waals surface area (Å²) in [5.74, 6) is -0.257. The van der Waals surface area contributed by atoms with Gasteiger partial charge in [-0.05, 0) is 30.2 Å². The summed E-state index contributed by atoms with van der Waals surface area (Å²) in [4.78, 5) is 30.6. The van der Waals surface area contributed by atoms with E-state index in [1.807, 2.05) is 50.3 Å². The zero-order valence-corrected chi connectivity index (χ0v) is 16.8. The van der Waals surface area contributed by atoms with Crippen molar-refractivity contribution in [3.8, 4) is 0 Å². The Bertz CT molecular complexity index is 865. The molecule has 6 nitrogen and oxygen atoms in total. The molecule has 3 atom stereocenters. The minimum atomic E-state index is -0.280. The van der Waals surface area contributed by atoms with E-state index in [2.05, 4.69) is 10.3 Å². The largest absolute Gasteiger partial charge is 0.394 e. The van der Waals surface area contributed by atoms with E-state index in [1.54, 1.807) is 29.4 Å². The molecule has 1 fully saturated rings. The minimum absolute atomic E-state index is 0.0194. The number of likely N-dealkylation sites (tertiary alicyclic amines) is 1. The van der Waals surface area contributed by atoms with Gasteiger partial charge in [0.05, 0.1) is 18.7 Å². The van der Waals surface area contributed by atoms with Gasteiger partial charge in [-0.2, -0.15) is 0 Å². The lowest BCUT2D eigenvalue weighted by Crippen LogP contribution is -2.68. The van der Waals surface area contributed by atoms with Crippen LogP contribution in [0.2, 0.25) is 0 Å². The Kier molecular flexibility index (Phi) is 6.77. The number of hydrogen-bond acceptors (Lipinski definition) is 4. The summed E-state index contributed by atoms with van der Waals surface area (Å²) in [5.41, 5.74) is 2.68. The lowest BCUT2D eigenvalue weighted by molar-refractivity contribution is -0.149. The third kappa shape index (κ3) is 4.38. The zero-order chi connectivity index (χ0) is 20.8. The van der Waals surface area contributed by atoms with Gasteiger partial charge in [-0.1, -0.05) is 43.3 Å². The van der Waals surface area contributed by atoms with Crippen LogP contribution in [0.25, 0.3) is 6.08 Å². The Morgan fingerprint density at radius 1 is 1.14 bits per heavy atom. The van der Waals surface area contributed by atoms with Gasteiger partial charge in [-0.15, -0.1) is 0 Å². The van der Waals surface area contributed by atoms with E-state index in [4.69, 9.17) is 0 Å². The first kappa shape index (κ1) is 20.7. The molecular formula is C23H27N3O3. The van der Waals surface area contributed by atoms with Crippen molar-refractivity contribution in [2.45, 2.75) is 38.3 Å². The van der Waals surface area contributed by atoms with Crippen molar-refractivity contribution in [1.82, 2.24) is 15.2 Å². The molecule has 1 saturated heterocycles. The molecular weight excluding hydrogens is 366 g/mol. The zero-order valence-electron chi connectivity index (χ0n) is 16.8. The first-order valence-electron chi connectivity index (χ1n) is 9.93. The second-order valence-electron chi connectivity index (χ2n) is 7.11. The summed E-state index contributed by atoms with van der Waals surface area (Å²) in [5, 5.41) is 12.9. The number of carbonyl (C=O) groups excluding carboxylic acids is 2. The van der Waals surface area contributed by atoms with E-state index in [1.165, 1.54) is 0 Å². The predicted molar refractivity (Wildman–Crippen MR) is 112 cm³/mol. The van der Waals surface area contributed by atoms with Crippen LogP contribution < -0.4 is 5.32 Å². The van der Waals surface area contributed by atoms with Gasteiger partial charge in [-0.25, -0.2) is 0 Å². The van der Waals surface area contributed by atoms with Crippen molar-refractivity contribution in [2.24, 2.45) is 0 Å². The van der Waals surface area contributed by atoms with E-state index >= 15 is 0 Å². The van der Waals surface area contributed by atoms with Crippen LogP contribution in [0.1, 0.15) is 47.7 Å². The second-order valence-corrected chi connectivity index (χ2v) is 7.11. The minimum Gasteiger partial charge on any atom is -0.394 e. The number of aliphatic hydroxyl groups is 1. The predicted octanol–water partition coefficient (Wildman–Crippen LogP) is 2.61. The van der Waals surface area contributed by atoms with Crippen LogP contribution in [0.15, 0.2) is 54.9 Å². The molecule has 1 aromatic heterocycles. The summed E-state index contributed by atoms with van der Waals surface area (Å²) >= 11 is 0. The molecule has 0 spiro atoms. The molecule has 29 heavy (non-hydrogen) atoms. The fourth-order valence-corrected chi connectivity index (χ4v) is 3.99. The Balaban J connectivity index is 1.80. The van der Waals surface area contributed by atoms with Crippen LogP contribution in [-0.2, 0) is 4.79 Å². The topological polar surface area (TPSA) is 82.5 Å². The van der Waals surface area contributed by atoms with Crippen LogP contribution in [0, 0.1) is 0 Å². The van der Waals surface area contributed by atoms with Crippen molar-refractivity contribution in [3.05, 3.63) is 71.6 Å². The van der Waals surface area contributed by atoms with E-state index in [0.29, 0.717) is 18.5 Å². The number of benzene rings is 1. The van der Waals surface area contributed by atoms with Gasteiger partial charge in [0.2, 0.25) is 5.91 Å². The Morgan fingerprint density at radius 2 is 1.83 bits per heavy atom. The third-order valence-corrected chi connectivity index (χ3v) is 5.42. The summed E-state index contributed by atoms with van der Waals surface area (Å²) in [6.07, 6.45) is 7.50. The first-order valence-corrected chi connectivity index (χ1v) is 9.93. The molecule has 0 bridgehead atoms. The van der Waals surface area contributed by atoms with Crippen molar-refractivity contribution < 1.29 is 14.7 Å². The number of amides is 2. The quantitative estimate of drug-likeness (QED) is 0.758. The molecule has 3 rings (SSSR count). The van der Waals surface area contributed by atoms with E-state index in [-0.39, 0.29) is 36.4 Å². The smallest absolute Gasteiger partial charge is 0.251 e. The molecule has 0 unspecified atom stereocenters. The summed E-state index contributed by atoms with van der Waals surface area (Å²) in [6, 6.07) is 11.0. The number of allylic oxidation sites excluding steroid dienone is 1. The standard InChI is InChI=1S/C23H27N3O3/c1-3-5-16-6-8-17(9-7-16)22-19(26(20(22)15-27)21(28)4-2)14-25-23(29)18-10-12-24-13-11-18/h3,5-13,19-20,22,27H,4,14-15H2,1-2H3,(H,25,29)/b5-3+/t19-,20+,22+/m1/s1. The van der Waals surface area contributed by atoms with Gasteiger partial charge in [0.1, 0.15) is 0 Å². The molecule has 2 amide bonds. The highest BCUT2D eigenvalue weighted by Gasteiger charge is 2.50. The van der Waals surface area contributed by atoms with E-state index in [0.717, 1.165) is 11.1 Å². The number of aliphatic hydroxyl groups excluding tert-OH is 1. The summed E-state index contributed by atoms with van der Waals surface area (Å²) in [7, 11) is 0. The van der Waals surface area contributed by atoms with E-state index < -0.39 is 0 Å².